The van der Waals surface area contributed by atoms with E-state index in [1.807, 2.05) is 0 Å². The Morgan fingerprint density at radius 2 is 1.86 bits per heavy atom. The number of rotatable bonds is 5. The van der Waals surface area contributed by atoms with E-state index in [9.17, 15) is 14.4 Å². The number of oxazole rings is 1. The highest BCUT2D eigenvalue weighted by Crippen LogP contribution is 2.23. The Kier molecular flexibility index (Phi) is 4.44. The number of nitrogens with zero attached hydrogens (tertiary/aromatic N) is 1. The second kappa shape index (κ2) is 7.07. The number of benzene rings is 2. The molecule has 0 unspecified atom stereocenters. The monoisotopic (exact) mass is 381 g/mol. The van der Waals surface area contributed by atoms with E-state index < -0.39 is 17.4 Å². The zero-order valence-corrected chi connectivity index (χ0v) is 14.8. The van der Waals surface area contributed by atoms with Crippen LogP contribution >= 0.6 is 0 Å². The minimum atomic E-state index is -0.643. The number of para-hydroxylation sites is 2. The van der Waals surface area contributed by atoms with Crippen molar-refractivity contribution in [3.63, 3.8) is 0 Å². The van der Waals surface area contributed by atoms with Gasteiger partial charge in [-0.1, -0.05) is 12.1 Å². The quantitative estimate of drug-likeness (QED) is 0.387. The standard InChI is InChI=1S/C20H15NO7/c1-25-13-6-7-14-12(8-18(22)27-17(14)9-13)11-26-19(23)10-21-15-4-2-3-5-16(15)28-20(21)24/h2-9H,10-11H2,1H3. The molecule has 0 saturated carbocycles. The largest absolute Gasteiger partial charge is 0.497 e. The maximum absolute atomic E-state index is 12.3. The predicted octanol–water partition coefficient (Wildman–Crippen LogP) is 2.45. The molecule has 8 heteroatoms. The van der Waals surface area contributed by atoms with Gasteiger partial charge in [0, 0.05) is 23.1 Å². The van der Waals surface area contributed by atoms with Crippen molar-refractivity contribution < 1.29 is 23.1 Å². The van der Waals surface area contributed by atoms with Crippen LogP contribution in [-0.4, -0.2) is 17.6 Å². The Morgan fingerprint density at radius 1 is 1.04 bits per heavy atom. The molecule has 0 atom stereocenters. The Bertz CT molecular complexity index is 1300. The van der Waals surface area contributed by atoms with Crippen LogP contribution in [0, 0.1) is 0 Å². The van der Waals surface area contributed by atoms with Gasteiger partial charge in [-0.15, -0.1) is 0 Å². The summed E-state index contributed by atoms with van der Waals surface area (Å²) in [7, 11) is 1.51. The molecule has 0 amide bonds. The summed E-state index contributed by atoms with van der Waals surface area (Å²) < 4.78 is 21.8. The summed E-state index contributed by atoms with van der Waals surface area (Å²) >= 11 is 0. The molecule has 0 aliphatic heterocycles. The lowest BCUT2D eigenvalue weighted by Gasteiger charge is -2.08. The van der Waals surface area contributed by atoms with E-state index in [0.29, 0.717) is 33.4 Å². The molecule has 4 aromatic rings. The molecule has 2 aromatic heterocycles. The Labute approximate surface area is 157 Å². The van der Waals surface area contributed by atoms with E-state index in [0.717, 1.165) is 0 Å². The first-order valence-corrected chi connectivity index (χ1v) is 8.40. The number of aromatic nitrogens is 1. The minimum absolute atomic E-state index is 0.141. The normalized spacial score (nSPS) is 11.0. The third kappa shape index (κ3) is 3.27. The van der Waals surface area contributed by atoms with Crippen molar-refractivity contribution in [2.24, 2.45) is 0 Å². The predicted molar refractivity (Wildman–Crippen MR) is 99.3 cm³/mol. The van der Waals surface area contributed by atoms with E-state index in [1.165, 1.54) is 17.7 Å². The van der Waals surface area contributed by atoms with Crippen molar-refractivity contribution in [1.29, 1.82) is 0 Å². The number of methoxy groups -OCH3 is 1. The van der Waals surface area contributed by atoms with Crippen molar-refractivity contribution in [3.05, 3.63) is 75.1 Å². The fraction of sp³-hybridized carbons (Fsp3) is 0.150. The maximum atomic E-state index is 12.3. The highest BCUT2D eigenvalue weighted by molar-refractivity contribution is 5.82. The van der Waals surface area contributed by atoms with E-state index in [-0.39, 0.29) is 13.2 Å². The first-order valence-electron chi connectivity index (χ1n) is 8.40. The van der Waals surface area contributed by atoms with Gasteiger partial charge < -0.3 is 18.3 Å². The fourth-order valence-corrected chi connectivity index (χ4v) is 2.95. The van der Waals surface area contributed by atoms with E-state index in [1.54, 1.807) is 42.5 Å². The summed E-state index contributed by atoms with van der Waals surface area (Å²) in [6.45, 7) is -0.444. The summed E-state index contributed by atoms with van der Waals surface area (Å²) in [6, 6.07) is 13.1. The Morgan fingerprint density at radius 3 is 2.68 bits per heavy atom. The average molecular weight is 381 g/mol. The second-order valence-corrected chi connectivity index (χ2v) is 6.04. The number of hydrogen-bond acceptors (Lipinski definition) is 7. The Hall–Kier alpha value is -3.81. The van der Waals surface area contributed by atoms with Crippen LogP contribution in [-0.2, 0) is 22.7 Å². The van der Waals surface area contributed by atoms with Crippen LogP contribution < -0.4 is 16.1 Å². The van der Waals surface area contributed by atoms with Gasteiger partial charge in [-0.2, -0.15) is 0 Å². The third-order valence-electron chi connectivity index (χ3n) is 4.29. The number of esters is 1. The van der Waals surface area contributed by atoms with Gasteiger partial charge in [-0.05, 0) is 24.3 Å². The van der Waals surface area contributed by atoms with Gasteiger partial charge in [0.1, 0.15) is 24.5 Å². The number of hydrogen-bond donors (Lipinski definition) is 0. The smallest absolute Gasteiger partial charge is 0.420 e. The van der Waals surface area contributed by atoms with Gasteiger partial charge >= 0.3 is 17.4 Å². The van der Waals surface area contributed by atoms with Crippen LogP contribution in [0.3, 0.4) is 0 Å². The molecule has 0 fully saturated rings. The van der Waals surface area contributed by atoms with Gasteiger partial charge in [0.15, 0.2) is 5.58 Å². The highest BCUT2D eigenvalue weighted by atomic mass is 16.5. The van der Waals surface area contributed by atoms with Crippen LogP contribution in [0.4, 0.5) is 0 Å². The van der Waals surface area contributed by atoms with Crippen LogP contribution in [0.5, 0.6) is 5.75 Å². The lowest BCUT2D eigenvalue weighted by atomic mass is 10.1. The topological polar surface area (TPSA) is 101 Å². The van der Waals surface area contributed by atoms with Crippen molar-refractivity contribution in [3.8, 4) is 5.75 Å². The molecular formula is C20H15NO7. The molecule has 8 nitrogen and oxygen atoms in total. The molecule has 28 heavy (non-hydrogen) atoms. The molecule has 2 aromatic carbocycles. The molecule has 4 rings (SSSR count). The molecule has 0 aliphatic carbocycles. The lowest BCUT2D eigenvalue weighted by molar-refractivity contribution is -0.145. The average Bonchev–Trinajstić information content (AvgIpc) is 3.00. The van der Waals surface area contributed by atoms with Gasteiger partial charge in [0.25, 0.3) is 0 Å². The summed E-state index contributed by atoms with van der Waals surface area (Å²) in [5.74, 6) is -0.740. The molecule has 0 radical (unpaired) electrons. The van der Waals surface area contributed by atoms with Crippen molar-refractivity contribution in [2.45, 2.75) is 13.2 Å². The zero-order valence-electron chi connectivity index (χ0n) is 14.8. The summed E-state index contributed by atoms with van der Waals surface area (Å²) in [6.07, 6.45) is 0. The third-order valence-corrected chi connectivity index (χ3v) is 4.29. The number of ether oxygens (including phenoxy) is 2. The molecule has 0 spiro atoms. The molecule has 2 heterocycles. The summed E-state index contributed by atoms with van der Waals surface area (Å²) in [5.41, 5.74) is 1.15. The molecule has 0 N–H and O–H groups in total. The SMILES string of the molecule is COc1ccc2c(COC(=O)Cn3c(=O)oc4ccccc43)cc(=O)oc2c1. The second-order valence-electron chi connectivity index (χ2n) is 6.04. The van der Waals surface area contributed by atoms with Crippen LogP contribution in [0.2, 0.25) is 0 Å². The minimum Gasteiger partial charge on any atom is -0.497 e. The van der Waals surface area contributed by atoms with Gasteiger partial charge in [-0.25, -0.2) is 9.59 Å². The van der Waals surface area contributed by atoms with Gasteiger partial charge in [0.05, 0.1) is 12.6 Å². The maximum Gasteiger partial charge on any atom is 0.420 e. The number of carbonyl (C=O) groups excluding carboxylic acids is 1. The summed E-state index contributed by atoms with van der Waals surface area (Å²) in [4.78, 5) is 36.0. The molecule has 0 bridgehead atoms. The van der Waals surface area contributed by atoms with Crippen LogP contribution in [0.25, 0.3) is 22.1 Å². The van der Waals surface area contributed by atoms with E-state index in [2.05, 4.69) is 0 Å². The molecule has 0 saturated heterocycles. The Balaban J connectivity index is 1.56. The first-order chi connectivity index (χ1) is 13.5. The van der Waals surface area contributed by atoms with Gasteiger partial charge in [-0.3, -0.25) is 9.36 Å². The van der Waals surface area contributed by atoms with E-state index in [4.69, 9.17) is 18.3 Å². The van der Waals surface area contributed by atoms with Crippen molar-refractivity contribution >= 4 is 28.0 Å². The molecule has 0 aliphatic rings. The molecular weight excluding hydrogens is 366 g/mol. The van der Waals surface area contributed by atoms with Crippen molar-refractivity contribution in [2.75, 3.05) is 7.11 Å². The highest BCUT2D eigenvalue weighted by Gasteiger charge is 2.14. The lowest BCUT2D eigenvalue weighted by Crippen LogP contribution is -2.21. The zero-order chi connectivity index (χ0) is 19.7. The summed E-state index contributed by atoms with van der Waals surface area (Å²) in [5, 5.41) is 0.624. The van der Waals surface area contributed by atoms with Gasteiger partial charge in [0.2, 0.25) is 0 Å². The number of fused-ring (bicyclic) bond motifs is 2. The first kappa shape index (κ1) is 17.6. The fourth-order valence-electron chi connectivity index (χ4n) is 2.95. The van der Waals surface area contributed by atoms with E-state index >= 15 is 0 Å². The van der Waals surface area contributed by atoms with Crippen LogP contribution in [0.1, 0.15) is 5.56 Å². The number of carbonyl (C=O) groups is 1. The van der Waals surface area contributed by atoms with Crippen molar-refractivity contribution in [1.82, 2.24) is 4.57 Å². The molecule has 142 valence electrons. The van der Waals surface area contributed by atoms with Crippen LogP contribution in [0.15, 0.2) is 67.0 Å².